The van der Waals surface area contributed by atoms with Gasteiger partial charge in [0.25, 0.3) is 0 Å². The summed E-state index contributed by atoms with van der Waals surface area (Å²) in [6.45, 7) is 0. The molecule has 0 atom stereocenters. The van der Waals surface area contributed by atoms with Gasteiger partial charge in [-0.3, -0.25) is 0 Å². The third-order valence-corrected chi connectivity index (χ3v) is 0. The average Bonchev–Trinajstić information content (AvgIpc) is 0. The van der Waals surface area contributed by atoms with Crippen molar-refractivity contribution in [2.24, 2.45) is 0 Å². The molecule has 0 saturated carbocycles. The largest absolute Gasteiger partial charge is 1.00 e. The van der Waals surface area contributed by atoms with E-state index in [-0.39, 0.29) is 57.2 Å². The van der Waals surface area contributed by atoms with E-state index in [0.717, 1.165) is 0 Å². The summed E-state index contributed by atoms with van der Waals surface area (Å²) in [5, 5.41) is 0. The van der Waals surface area contributed by atoms with Crippen LogP contribution in [0.1, 0.15) is 1.43 Å². The van der Waals surface area contributed by atoms with Gasteiger partial charge < -0.3 is 5.48 Å². The summed E-state index contributed by atoms with van der Waals surface area (Å²) in [6.07, 6.45) is 0. The van der Waals surface area contributed by atoms with E-state index in [1.165, 1.54) is 0 Å². The van der Waals surface area contributed by atoms with Crippen LogP contribution in [0.3, 0.4) is 0 Å². The van der Waals surface area contributed by atoms with Crippen LogP contribution in [0.25, 0.3) is 0 Å². The van der Waals surface area contributed by atoms with E-state index >= 15 is 0 Å². The standard InChI is InChI=1S/Co.Mn.Ni.H2O/h;;;1H2/p+1. The van der Waals surface area contributed by atoms with E-state index in [4.69, 9.17) is 0 Å². The molecule has 0 aromatic carbocycles. The fourth-order valence-corrected chi connectivity index (χ4v) is 0. The molecule has 34 valence electrons. The van der Waals surface area contributed by atoms with Crippen molar-refractivity contribution in [3.63, 3.8) is 0 Å². The molecule has 0 aliphatic rings. The molecule has 0 aromatic heterocycles. The summed E-state index contributed by atoms with van der Waals surface area (Å²) in [4.78, 5) is 0. The van der Waals surface area contributed by atoms with Crippen molar-refractivity contribution in [1.29, 1.82) is 0 Å². The van der Waals surface area contributed by atoms with Crippen molar-refractivity contribution in [2.75, 3.05) is 0 Å². The van der Waals surface area contributed by atoms with Gasteiger partial charge in [-0.2, -0.15) is 0 Å². The summed E-state index contributed by atoms with van der Waals surface area (Å²) in [7, 11) is 0. The molecule has 0 heterocycles. The van der Waals surface area contributed by atoms with E-state index in [9.17, 15) is 0 Å². The van der Waals surface area contributed by atoms with Gasteiger partial charge in [0, 0.05) is 50.3 Å². The Balaban J connectivity index is 0. The van der Waals surface area contributed by atoms with Gasteiger partial charge in [0.15, 0.2) is 0 Å². The second kappa shape index (κ2) is 24.8. The Hall–Kier alpha value is 1.48. The Bertz CT molecular complexity index is 11.6. The molecule has 0 bridgehead atoms. The molecule has 0 rings (SSSR count). The van der Waals surface area contributed by atoms with Crippen LogP contribution in [-0.2, 0) is 50.3 Å². The minimum absolute atomic E-state index is 0. The van der Waals surface area contributed by atoms with Crippen molar-refractivity contribution >= 4 is 0 Å². The average molecular weight is 192 g/mol. The van der Waals surface area contributed by atoms with Gasteiger partial charge in [-0.15, -0.1) is 0 Å². The molecule has 2 N–H and O–H groups in total. The van der Waals surface area contributed by atoms with Crippen molar-refractivity contribution in [3.05, 3.63) is 0 Å². The molecule has 0 aliphatic heterocycles. The van der Waals surface area contributed by atoms with E-state index in [1.807, 2.05) is 0 Å². The van der Waals surface area contributed by atoms with Crippen molar-refractivity contribution in [2.45, 2.75) is 0 Å². The monoisotopic (exact) mass is 191 g/mol. The second-order valence-corrected chi connectivity index (χ2v) is 0. The third kappa shape index (κ3) is 9.77. The minimum atomic E-state index is 0. The predicted molar refractivity (Wildman–Crippen MR) is 4.73 cm³/mol. The summed E-state index contributed by atoms with van der Waals surface area (Å²) in [5.41, 5.74) is 0. The quantitative estimate of drug-likeness (QED) is 0.453. The topological polar surface area (TPSA) is 31.5 Å². The van der Waals surface area contributed by atoms with E-state index in [2.05, 4.69) is 0 Å². The van der Waals surface area contributed by atoms with E-state index < -0.39 is 0 Å². The molecule has 0 spiro atoms. The van der Waals surface area contributed by atoms with Gasteiger partial charge >= 0.3 is 1.43 Å². The summed E-state index contributed by atoms with van der Waals surface area (Å²) in [6, 6.07) is 0. The van der Waals surface area contributed by atoms with Gasteiger partial charge in [-0.25, -0.2) is 0 Å². The van der Waals surface area contributed by atoms with Crippen molar-refractivity contribution < 1.29 is 57.2 Å². The molecule has 0 aliphatic carbocycles. The van der Waals surface area contributed by atoms with Crippen molar-refractivity contribution in [3.8, 4) is 0 Å². The fourth-order valence-electron chi connectivity index (χ4n) is 0. The first-order valence-corrected chi connectivity index (χ1v) is 0. The van der Waals surface area contributed by atoms with Gasteiger partial charge in [-0.05, 0) is 0 Å². The Morgan fingerprint density at radius 1 is 1.25 bits per heavy atom. The molecular formula is H3CoMnNiO+. The maximum Gasteiger partial charge on any atom is 1.00 e. The zero-order chi connectivity index (χ0) is 0. The van der Waals surface area contributed by atoms with Crippen LogP contribution >= 0.6 is 0 Å². The molecule has 0 amide bonds. The maximum absolute atomic E-state index is 0. The van der Waals surface area contributed by atoms with E-state index in [1.54, 1.807) is 0 Å². The summed E-state index contributed by atoms with van der Waals surface area (Å²) in [5.74, 6) is 0. The van der Waals surface area contributed by atoms with Crippen LogP contribution in [0.15, 0.2) is 0 Å². The maximum atomic E-state index is 0. The molecule has 0 aromatic rings. The summed E-state index contributed by atoms with van der Waals surface area (Å²) >= 11 is 0. The molecule has 2 radical (unpaired) electrons. The SMILES string of the molecule is O.[Co].[H+].[Mn].[Ni]. The first-order chi connectivity index (χ1) is 0. The predicted octanol–water partition coefficient (Wildman–Crippen LogP) is -0.720. The normalized spacial score (nSPS) is 0. The van der Waals surface area contributed by atoms with Crippen LogP contribution in [0.4, 0.5) is 0 Å². The van der Waals surface area contributed by atoms with Crippen LogP contribution < -0.4 is 0 Å². The Labute approximate surface area is 57.3 Å². The molecule has 1 nitrogen and oxygen atoms in total. The van der Waals surface area contributed by atoms with E-state index in [0.29, 0.717) is 0 Å². The Morgan fingerprint density at radius 2 is 1.25 bits per heavy atom. The minimum Gasteiger partial charge on any atom is -0.412 e. The zero-order valence-corrected chi connectivity index (χ0v) is 4.74. The van der Waals surface area contributed by atoms with Crippen LogP contribution in [0.5, 0.6) is 0 Å². The smallest absolute Gasteiger partial charge is 0.412 e. The van der Waals surface area contributed by atoms with Crippen LogP contribution in [0.2, 0.25) is 0 Å². The molecule has 0 fully saturated rings. The van der Waals surface area contributed by atoms with Gasteiger partial charge in [0.05, 0.1) is 0 Å². The molecular weight excluding hydrogens is 189 g/mol. The number of hydrogen-bond donors (Lipinski definition) is 0. The molecule has 4 heavy (non-hydrogen) atoms. The van der Waals surface area contributed by atoms with Crippen LogP contribution in [0, 0.1) is 0 Å². The zero-order valence-electron chi connectivity index (χ0n) is 2.53. The van der Waals surface area contributed by atoms with Gasteiger partial charge in [0.2, 0.25) is 0 Å². The van der Waals surface area contributed by atoms with Crippen LogP contribution in [-0.4, -0.2) is 5.48 Å². The Kier molecular flexibility index (Phi) is 311. The number of hydrogen-bond acceptors (Lipinski definition) is 0. The Morgan fingerprint density at radius 3 is 1.25 bits per heavy atom. The first kappa shape index (κ1) is 50.2. The molecule has 0 unspecified atom stereocenters. The number of rotatable bonds is 0. The van der Waals surface area contributed by atoms with Gasteiger partial charge in [-0.1, -0.05) is 0 Å². The third-order valence-electron chi connectivity index (χ3n) is 0. The van der Waals surface area contributed by atoms with Crippen molar-refractivity contribution in [1.82, 2.24) is 0 Å². The summed E-state index contributed by atoms with van der Waals surface area (Å²) < 4.78 is 0. The second-order valence-electron chi connectivity index (χ2n) is 0. The molecule has 0 saturated heterocycles. The fraction of sp³-hybridized carbons (Fsp3) is 0. The first-order valence-electron chi connectivity index (χ1n) is 0. The van der Waals surface area contributed by atoms with Gasteiger partial charge in [0.1, 0.15) is 0 Å². The molecule has 4 heteroatoms.